The van der Waals surface area contributed by atoms with Gasteiger partial charge in [-0.05, 0) is 31.2 Å². The van der Waals surface area contributed by atoms with E-state index in [1.54, 1.807) is 31.2 Å². The summed E-state index contributed by atoms with van der Waals surface area (Å²) >= 11 is 0. The smallest absolute Gasteiger partial charge is 0.274 e. The molecule has 23 heavy (non-hydrogen) atoms. The summed E-state index contributed by atoms with van der Waals surface area (Å²) in [6.45, 7) is 1.58. The van der Waals surface area contributed by atoms with Gasteiger partial charge in [-0.1, -0.05) is 6.07 Å². The van der Waals surface area contributed by atoms with Crippen molar-refractivity contribution >= 4 is 17.3 Å². The Kier molecular flexibility index (Phi) is 4.80. The third kappa shape index (κ3) is 3.39. The van der Waals surface area contributed by atoms with Crippen LogP contribution in [0.5, 0.6) is 11.5 Å². The van der Waals surface area contributed by atoms with E-state index in [0.29, 0.717) is 22.7 Å². The molecule has 0 spiro atoms. The molecule has 0 radical (unpaired) electrons. The van der Waals surface area contributed by atoms with Crippen molar-refractivity contribution in [2.24, 2.45) is 0 Å². The summed E-state index contributed by atoms with van der Waals surface area (Å²) in [7, 11) is 2.95. The molecule has 1 N–H and O–H groups in total. The van der Waals surface area contributed by atoms with Gasteiger partial charge in [-0.2, -0.15) is 0 Å². The number of carbonyl (C=O) groups is 1. The Bertz CT molecular complexity index is 758. The summed E-state index contributed by atoms with van der Waals surface area (Å²) in [5.41, 5.74) is 0.972. The third-order valence-electron chi connectivity index (χ3n) is 3.40. The first-order valence-electron chi connectivity index (χ1n) is 6.75. The van der Waals surface area contributed by atoms with E-state index in [2.05, 4.69) is 5.32 Å². The number of ether oxygens (including phenoxy) is 2. The lowest BCUT2D eigenvalue weighted by Crippen LogP contribution is -2.14. The third-order valence-corrected chi connectivity index (χ3v) is 3.40. The first-order valence-corrected chi connectivity index (χ1v) is 6.75. The second-order valence-corrected chi connectivity index (χ2v) is 4.73. The van der Waals surface area contributed by atoms with E-state index in [9.17, 15) is 14.9 Å². The number of nitro groups is 1. The molecule has 0 aliphatic rings. The lowest BCUT2D eigenvalue weighted by molar-refractivity contribution is -0.385. The van der Waals surface area contributed by atoms with Crippen LogP contribution in [0.1, 0.15) is 15.9 Å². The molecule has 0 atom stereocenters. The fourth-order valence-corrected chi connectivity index (χ4v) is 2.14. The quantitative estimate of drug-likeness (QED) is 0.676. The highest BCUT2D eigenvalue weighted by Crippen LogP contribution is 2.28. The normalized spacial score (nSPS) is 10.0. The van der Waals surface area contributed by atoms with Crippen LogP contribution in [0.3, 0.4) is 0 Å². The van der Waals surface area contributed by atoms with Gasteiger partial charge in [-0.15, -0.1) is 0 Å². The maximum atomic E-state index is 12.5. The average Bonchev–Trinajstić information content (AvgIpc) is 2.55. The molecular formula is C16H16N2O5. The number of carbonyl (C=O) groups excluding carboxylic acids is 1. The second-order valence-electron chi connectivity index (χ2n) is 4.73. The van der Waals surface area contributed by atoms with Crippen molar-refractivity contribution in [1.82, 2.24) is 0 Å². The maximum absolute atomic E-state index is 12.5. The second kappa shape index (κ2) is 6.78. The van der Waals surface area contributed by atoms with Crippen LogP contribution in [0.4, 0.5) is 11.4 Å². The Morgan fingerprint density at radius 3 is 2.52 bits per heavy atom. The molecule has 0 saturated carbocycles. The molecule has 7 nitrogen and oxygen atoms in total. The molecule has 0 aromatic heterocycles. The van der Waals surface area contributed by atoms with Gasteiger partial charge >= 0.3 is 0 Å². The SMILES string of the molecule is COc1ccc(OC)c(C(=O)Nc2cccc([N+](=O)[O-])c2C)c1. The molecule has 0 aliphatic carbocycles. The topological polar surface area (TPSA) is 90.7 Å². The highest BCUT2D eigenvalue weighted by Gasteiger charge is 2.18. The van der Waals surface area contributed by atoms with Crippen molar-refractivity contribution in [2.75, 3.05) is 19.5 Å². The first-order chi connectivity index (χ1) is 11.0. The number of nitrogens with zero attached hydrogens (tertiary/aromatic N) is 1. The molecule has 120 valence electrons. The van der Waals surface area contributed by atoms with Crippen LogP contribution in [0, 0.1) is 17.0 Å². The molecule has 0 unspecified atom stereocenters. The minimum Gasteiger partial charge on any atom is -0.497 e. The molecule has 0 aliphatic heterocycles. The van der Waals surface area contributed by atoms with Crippen molar-refractivity contribution in [3.05, 3.63) is 57.6 Å². The van der Waals surface area contributed by atoms with Crippen LogP contribution >= 0.6 is 0 Å². The van der Waals surface area contributed by atoms with Crippen molar-refractivity contribution in [2.45, 2.75) is 6.92 Å². The summed E-state index contributed by atoms with van der Waals surface area (Å²) in [5, 5.41) is 13.6. The van der Waals surface area contributed by atoms with Crippen LogP contribution in [0.25, 0.3) is 0 Å². The monoisotopic (exact) mass is 316 g/mol. The summed E-state index contributed by atoms with van der Waals surface area (Å²) < 4.78 is 10.3. The van der Waals surface area contributed by atoms with Crippen molar-refractivity contribution in [3.8, 4) is 11.5 Å². The maximum Gasteiger partial charge on any atom is 0.274 e. The number of methoxy groups -OCH3 is 2. The largest absolute Gasteiger partial charge is 0.497 e. The molecule has 2 aromatic carbocycles. The lowest BCUT2D eigenvalue weighted by Gasteiger charge is -2.12. The van der Waals surface area contributed by atoms with Gasteiger partial charge in [0.1, 0.15) is 11.5 Å². The molecule has 0 heterocycles. The van der Waals surface area contributed by atoms with Crippen LogP contribution in [0.15, 0.2) is 36.4 Å². The summed E-state index contributed by atoms with van der Waals surface area (Å²) in [4.78, 5) is 23.0. The highest BCUT2D eigenvalue weighted by atomic mass is 16.6. The number of amides is 1. The van der Waals surface area contributed by atoms with Crippen LogP contribution in [-0.4, -0.2) is 25.1 Å². The van der Waals surface area contributed by atoms with Crippen LogP contribution in [0.2, 0.25) is 0 Å². The zero-order valence-electron chi connectivity index (χ0n) is 13.0. The van der Waals surface area contributed by atoms with E-state index in [1.165, 1.54) is 26.4 Å². The predicted octanol–water partition coefficient (Wildman–Crippen LogP) is 3.17. The fraction of sp³-hybridized carbons (Fsp3) is 0.188. The number of hydrogen-bond donors (Lipinski definition) is 1. The fourth-order valence-electron chi connectivity index (χ4n) is 2.14. The van der Waals surface area contributed by atoms with Gasteiger partial charge in [-0.25, -0.2) is 0 Å². The van der Waals surface area contributed by atoms with Gasteiger partial charge < -0.3 is 14.8 Å². The standard InChI is InChI=1S/C16H16N2O5/c1-10-13(5-4-6-14(10)18(20)21)17-16(19)12-9-11(22-2)7-8-15(12)23-3/h4-9H,1-3H3,(H,17,19). The molecule has 0 saturated heterocycles. The molecule has 2 rings (SSSR count). The summed E-state index contributed by atoms with van der Waals surface area (Å²) in [6.07, 6.45) is 0. The predicted molar refractivity (Wildman–Crippen MR) is 85.3 cm³/mol. The molecule has 1 amide bonds. The minimum atomic E-state index is -0.489. The molecular weight excluding hydrogens is 300 g/mol. The van der Waals surface area contributed by atoms with E-state index in [-0.39, 0.29) is 11.3 Å². The van der Waals surface area contributed by atoms with Crippen LogP contribution < -0.4 is 14.8 Å². The van der Waals surface area contributed by atoms with E-state index in [4.69, 9.17) is 9.47 Å². The van der Waals surface area contributed by atoms with Gasteiger partial charge in [0.15, 0.2) is 0 Å². The van der Waals surface area contributed by atoms with Crippen LogP contribution in [-0.2, 0) is 0 Å². The van der Waals surface area contributed by atoms with Crippen molar-refractivity contribution in [3.63, 3.8) is 0 Å². The van der Waals surface area contributed by atoms with E-state index in [0.717, 1.165) is 0 Å². The van der Waals surface area contributed by atoms with Gasteiger partial charge in [0.25, 0.3) is 11.6 Å². The molecule has 0 fully saturated rings. The van der Waals surface area contributed by atoms with E-state index >= 15 is 0 Å². The number of hydrogen-bond acceptors (Lipinski definition) is 5. The zero-order valence-corrected chi connectivity index (χ0v) is 13.0. The Balaban J connectivity index is 2.36. The Hall–Kier alpha value is -3.09. The number of benzene rings is 2. The number of rotatable bonds is 5. The summed E-state index contributed by atoms with van der Waals surface area (Å²) in [5.74, 6) is 0.447. The number of anilines is 1. The van der Waals surface area contributed by atoms with E-state index < -0.39 is 10.8 Å². The van der Waals surface area contributed by atoms with Gasteiger partial charge in [0, 0.05) is 6.07 Å². The van der Waals surface area contributed by atoms with Gasteiger partial charge in [0.05, 0.1) is 36.0 Å². The number of nitro benzene ring substituents is 1. The summed E-state index contributed by atoms with van der Waals surface area (Å²) in [6, 6.07) is 9.34. The molecule has 2 aromatic rings. The zero-order chi connectivity index (χ0) is 17.0. The average molecular weight is 316 g/mol. The highest BCUT2D eigenvalue weighted by molar-refractivity contribution is 6.07. The lowest BCUT2D eigenvalue weighted by atomic mass is 10.1. The minimum absolute atomic E-state index is 0.0552. The Morgan fingerprint density at radius 2 is 1.91 bits per heavy atom. The molecule has 7 heteroatoms. The Labute approximate surface area is 133 Å². The van der Waals surface area contributed by atoms with Gasteiger partial charge in [-0.3, -0.25) is 14.9 Å². The van der Waals surface area contributed by atoms with Crippen molar-refractivity contribution in [1.29, 1.82) is 0 Å². The van der Waals surface area contributed by atoms with E-state index in [1.807, 2.05) is 0 Å². The first kappa shape index (κ1) is 16.3. The number of nitrogens with one attached hydrogen (secondary N) is 1. The Morgan fingerprint density at radius 1 is 1.17 bits per heavy atom. The molecule has 0 bridgehead atoms. The van der Waals surface area contributed by atoms with Crippen molar-refractivity contribution < 1.29 is 19.2 Å². The van der Waals surface area contributed by atoms with Gasteiger partial charge in [0.2, 0.25) is 0 Å².